The Morgan fingerprint density at radius 3 is 2.62 bits per heavy atom. The number of carbonyl (C=O) groups is 2. The zero-order valence-electron chi connectivity index (χ0n) is 23.5. The van der Waals surface area contributed by atoms with Crippen molar-refractivity contribution >= 4 is 29.2 Å². The summed E-state index contributed by atoms with van der Waals surface area (Å²) in [6.45, 7) is 9.29. The first kappa shape index (κ1) is 28.3. The van der Waals surface area contributed by atoms with E-state index in [9.17, 15) is 9.59 Å². The molecule has 3 atom stereocenters. The van der Waals surface area contributed by atoms with Gasteiger partial charge in [0.2, 0.25) is 5.91 Å². The van der Waals surface area contributed by atoms with E-state index in [4.69, 9.17) is 26.1 Å². The standard InChI is InChI=1S/C29H35ClFN5O4/c1-7-21(37)34-12-13-35-17(14-34)16-40-25-22(28(35)38)27(32-24(23(25)30)18-10-8-9-11-19(18)31)36-15-20(33(4)5)26(39-6)29(36,2)3/h7-11,17,20,26H,1,12-16H2,2-6H3/t17-,20-,26?/m1/s1. The van der Waals surface area contributed by atoms with E-state index >= 15 is 4.39 Å². The summed E-state index contributed by atoms with van der Waals surface area (Å²) in [7, 11) is 5.65. The third kappa shape index (κ3) is 4.52. The highest BCUT2D eigenvalue weighted by molar-refractivity contribution is 6.35. The van der Waals surface area contributed by atoms with Crippen molar-refractivity contribution in [3.8, 4) is 17.0 Å². The molecule has 1 unspecified atom stereocenters. The number of ether oxygens (including phenoxy) is 2. The Labute approximate surface area is 239 Å². The van der Waals surface area contributed by atoms with E-state index < -0.39 is 17.4 Å². The van der Waals surface area contributed by atoms with Crippen LogP contribution in [0.15, 0.2) is 36.9 Å². The first-order chi connectivity index (χ1) is 19.0. The first-order valence-corrected chi connectivity index (χ1v) is 13.7. The van der Waals surface area contributed by atoms with Gasteiger partial charge in [-0.05, 0) is 46.2 Å². The second-order valence-electron chi connectivity index (χ2n) is 11.2. The molecule has 2 fully saturated rings. The van der Waals surface area contributed by atoms with Crippen molar-refractivity contribution in [3.05, 3.63) is 53.3 Å². The maximum atomic E-state index is 15.1. The van der Waals surface area contributed by atoms with Gasteiger partial charge in [0.05, 0.1) is 29.4 Å². The number of pyridine rings is 1. The Bertz CT molecular complexity index is 1350. The summed E-state index contributed by atoms with van der Waals surface area (Å²) >= 11 is 6.90. The molecule has 0 radical (unpaired) electrons. The molecule has 214 valence electrons. The largest absolute Gasteiger partial charge is 0.489 e. The van der Waals surface area contributed by atoms with Gasteiger partial charge in [0.25, 0.3) is 5.91 Å². The topological polar surface area (TPSA) is 78.5 Å². The van der Waals surface area contributed by atoms with Crippen LogP contribution in [0.25, 0.3) is 11.3 Å². The Kier molecular flexibility index (Phi) is 7.54. The molecule has 2 saturated heterocycles. The minimum absolute atomic E-state index is 0.00644. The van der Waals surface area contributed by atoms with Gasteiger partial charge in [-0.25, -0.2) is 9.37 Å². The Morgan fingerprint density at radius 1 is 1.27 bits per heavy atom. The van der Waals surface area contributed by atoms with Crippen LogP contribution in [-0.2, 0) is 9.53 Å². The molecule has 2 amide bonds. The summed E-state index contributed by atoms with van der Waals surface area (Å²) in [4.78, 5) is 39.1. The van der Waals surface area contributed by atoms with Crippen molar-refractivity contribution in [3.63, 3.8) is 0 Å². The summed E-state index contributed by atoms with van der Waals surface area (Å²) in [6, 6.07) is 5.86. The molecule has 4 heterocycles. The van der Waals surface area contributed by atoms with Crippen molar-refractivity contribution in [2.45, 2.75) is 37.6 Å². The molecule has 2 aromatic rings. The number of piperazine rings is 1. The first-order valence-electron chi connectivity index (χ1n) is 13.3. The van der Waals surface area contributed by atoms with E-state index in [1.165, 1.54) is 12.1 Å². The van der Waals surface area contributed by atoms with Crippen LogP contribution in [-0.4, -0.2) is 109 Å². The van der Waals surface area contributed by atoms with Gasteiger partial charge in [0.1, 0.15) is 28.8 Å². The lowest BCUT2D eigenvalue weighted by Gasteiger charge is -2.40. The number of hydrogen-bond donors (Lipinski definition) is 0. The summed E-state index contributed by atoms with van der Waals surface area (Å²) in [6.07, 6.45) is 1.06. The highest BCUT2D eigenvalue weighted by Crippen LogP contribution is 2.47. The van der Waals surface area contributed by atoms with Gasteiger partial charge in [-0.2, -0.15) is 0 Å². The van der Waals surface area contributed by atoms with Crippen molar-refractivity contribution in [2.24, 2.45) is 0 Å². The zero-order valence-corrected chi connectivity index (χ0v) is 24.2. The number of nitrogens with zero attached hydrogens (tertiary/aromatic N) is 5. The highest BCUT2D eigenvalue weighted by Gasteiger charge is 2.52. The molecule has 0 N–H and O–H groups in total. The van der Waals surface area contributed by atoms with Crippen molar-refractivity contribution in [1.29, 1.82) is 0 Å². The lowest BCUT2D eigenvalue weighted by Crippen LogP contribution is -2.57. The monoisotopic (exact) mass is 571 g/mol. The molecular weight excluding hydrogens is 537 g/mol. The molecule has 11 heteroatoms. The number of anilines is 1. The summed E-state index contributed by atoms with van der Waals surface area (Å²) in [5.41, 5.74) is 0.0502. The van der Waals surface area contributed by atoms with Gasteiger partial charge in [-0.3, -0.25) is 9.59 Å². The molecule has 1 aromatic heterocycles. The number of likely N-dealkylation sites (N-methyl/N-ethyl adjacent to an activating group) is 1. The quantitative estimate of drug-likeness (QED) is 0.510. The van der Waals surface area contributed by atoms with Crippen LogP contribution in [0, 0.1) is 5.82 Å². The number of benzene rings is 1. The molecule has 1 aromatic carbocycles. The predicted molar refractivity (Wildman–Crippen MR) is 151 cm³/mol. The zero-order chi connectivity index (χ0) is 28.9. The van der Waals surface area contributed by atoms with Gasteiger partial charge in [0, 0.05) is 38.9 Å². The highest BCUT2D eigenvalue weighted by atomic mass is 35.5. The van der Waals surface area contributed by atoms with Gasteiger partial charge in [0.15, 0.2) is 5.75 Å². The predicted octanol–water partition coefficient (Wildman–Crippen LogP) is 3.32. The third-order valence-corrected chi connectivity index (χ3v) is 8.70. The smallest absolute Gasteiger partial charge is 0.261 e. The normalized spacial score (nSPS) is 23.9. The molecule has 3 aliphatic rings. The van der Waals surface area contributed by atoms with E-state index in [0.717, 1.165) is 0 Å². The summed E-state index contributed by atoms with van der Waals surface area (Å²) < 4.78 is 27.3. The van der Waals surface area contributed by atoms with Gasteiger partial charge >= 0.3 is 0 Å². The second-order valence-corrected chi connectivity index (χ2v) is 11.6. The Hall–Kier alpha value is -3.21. The Morgan fingerprint density at radius 2 is 2.00 bits per heavy atom. The fraction of sp³-hybridized carbons (Fsp3) is 0.483. The van der Waals surface area contributed by atoms with Crippen molar-refractivity contribution in [2.75, 3.05) is 58.9 Å². The minimum atomic E-state index is -0.591. The fourth-order valence-electron chi connectivity index (χ4n) is 6.18. The number of halogens is 2. The molecule has 0 bridgehead atoms. The average molecular weight is 572 g/mol. The van der Waals surface area contributed by atoms with E-state index in [1.807, 2.05) is 32.8 Å². The van der Waals surface area contributed by atoms with Crippen LogP contribution in [0.2, 0.25) is 5.02 Å². The number of rotatable bonds is 5. The Balaban J connectivity index is 1.70. The molecule has 0 spiro atoms. The maximum Gasteiger partial charge on any atom is 0.261 e. The lowest BCUT2D eigenvalue weighted by atomic mass is 9.95. The summed E-state index contributed by atoms with van der Waals surface area (Å²) in [5, 5.41) is 0.0699. The van der Waals surface area contributed by atoms with E-state index in [1.54, 1.807) is 35.1 Å². The summed E-state index contributed by atoms with van der Waals surface area (Å²) in [5.74, 6) is -0.436. The number of carbonyl (C=O) groups excluding carboxylic acids is 2. The lowest BCUT2D eigenvalue weighted by molar-refractivity contribution is -0.128. The van der Waals surface area contributed by atoms with Crippen LogP contribution < -0.4 is 9.64 Å². The van der Waals surface area contributed by atoms with Crippen LogP contribution in [0.5, 0.6) is 5.75 Å². The number of methoxy groups -OCH3 is 1. The molecule has 9 nitrogen and oxygen atoms in total. The van der Waals surface area contributed by atoms with E-state index in [-0.39, 0.29) is 58.2 Å². The molecule has 3 aliphatic heterocycles. The molecule has 5 rings (SSSR count). The molecule has 0 saturated carbocycles. The second kappa shape index (κ2) is 10.6. The fourth-order valence-corrected chi connectivity index (χ4v) is 6.48. The number of hydrogen-bond acceptors (Lipinski definition) is 7. The molecular formula is C29H35ClFN5O4. The average Bonchev–Trinajstić information content (AvgIpc) is 3.11. The number of amides is 2. The van der Waals surface area contributed by atoms with Crippen molar-refractivity contribution in [1.82, 2.24) is 19.7 Å². The van der Waals surface area contributed by atoms with Crippen LogP contribution >= 0.6 is 11.6 Å². The van der Waals surface area contributed by atoms with Crippen LogP contribution in [0.1, 0.15) is 24.2 Å². The number of aromatic nitrogens is 1. The van der Waals surface area contributed by atoms with Gasteiger partial charge in [-0.1, -0.05) is 30.3 Å². The van der Waals surface area contributed by atoms with Gasteiger partial charge < -0.3 is 29.1 Å². The van der Waals surface area contributed by atoms with Crippen LogP contribution in [0.3, 0.4) is 0 Å². The SMILES string of the molecule is C=CC(=O)N1CCN2C(=O)c3c(N4C[C@@H](N(C)C)C(OC)C4(C)C)nc(-c4ccccc4F)c(Cl)c3OC[C@H]2C1. The van der Waals surface area contributed by atoms with E-state index in [0.29, 0.717) is 32.0 Å². The molecule has 0 aliphatic carbocycles. The number of fused-ring (bicyclic) bond motifs is 2. The van der Waals surface area contributed by atoms with Crippen molar-refractivity contribution < 1.29 is 23.5 Å². The molecule has 40 heavy (non-hydrogen) atoms. The minimum Gasteiger partial charge on any atom is -0.489 e. The van der Waals surface area contributed by atoms with Gasteiger partial charge in [-0.15, -0.1) is 0 Å². The van der Waals surface area contributed by atoms with Crippen LogP contribution in [0.4, 0.5) is 10.2 Å². The third-order valence-electron chi connectivity index (χ3n) is 8.35. The maximum absolute atomic E-state index is 15.1. The van der Waals surface area contributed by atoms with E-state index in [2.05, 4.69) is 11.5 Å².